The number of rotatable bonds is 5. The number of hydrogen-bond donors (Lipinski definition) is 0. The Hall–Kier alpha value is -4.02. The molecule has 5 aromatic rings. The molecule has 39 heavy (non-hydrogen) atoms. The zero-order chi connectivity index (χ0) is 27.3. The molecule has 0 aliphatic carbocycles. The highest BCUT2D eigenvalue weighted by molar-refractivity contribution is 7.90. The maximum atomic E-state index is 13.5. The number of morpholine rings is 1. The minimum absolute atomic E-state index is 0.167. The van der Waals surface area contributed by atoms with E-state index in [0.29, 0.717) is 24.2 Å². The van der Waals surface area contributed by atoms with Gasteiger partial charge in [-0.05, 0) is 62.7 Å². The molecule has 1 aliphatic heterocycles. The molecule has 200 valence electrons. The molecule has 1 atom stereocenters. The van der Waals surface area contributed by atoms with Gasteiger partial charge in [0.1, 0.15) is 5.82 Å². The van der Waals surface area contributed by atoms with Gasteiger partial charge in [0.2, 0.25) is 0 Å². The van der Waals surface area contributed by atoms with Crippen LogP contribution >= 0.6 is 0 Å². The number of nitrogens with zero attached hydrogens (tertiary/aromatic N) is 6. The van der Waals surface area contributed by atoms with E-state index in [1.807, 2.05) is 43.9 Å². The summed E-state index contributed by atoms with van der Waals surface area (Å²) in [4.78, 5) is 12.0. The minimum atomic E-state index is -3.83. The molecule has 0 saturated carbocycles. The summed E-state index contributed by atoms with van der Waals surface area (Å²) in [5.41, 5.74) is 5.95. The van der Waals surface area contributed by atoms with Crippen molar-refractivity contribution in [2.75, 3.05) is 24.7 Å². The van der Waals surface area contributed by atoms with Crippen LogP contribution in [0.1, 0.15) is 18.1 Å². The van der Waals surface area contributed by atoms with Crippen molar-refractivity contribution in [2.45, 2.75) is 31.7 Å². The molecule has 0 amide bonds. The standard InChI is InChI=1S/C29H30N6O3S/c1-19-5-7-23(8-6-19)39(36,37)35-12-10-25-24(9-11-30-29(25)35)26-15-22(28-20(2)17-31-33(28)4)16-27(32-26)34-13-14-38-18-21(34)3/h5-12,15-17,21H,13-14,18H2,1-4H3/t21-/m1/s1. The number of pyridine rings is 2. The Bertz CT molecular complexity index is 1770. The molecule has 1 fully saturated rings. The molecule has 5 heterocycles. The Labute approximate surface area is 227 Å². The fraction of sp³-hybridized carbons (Fsp3) is 0.276. The van der Waals surface area contributed by atoms with Crippen LogP contribution in [0, 0.1) is 13.8 Å². The van der Waals surface area contributed by atoms with Crippen molar-refractivity contribution in [3.05, 3.63) is 78.2 Å². The summed E-state index contributed by atoms with van der Waals surface area (Å²) in [6, 6.07) is 14.8. The lowest BCUT2D eigenvalue weighted by Gasteiger charge is -2.34. The number of aryl methyl sites for hydroxylation is 3. The third-order valence-corrected chi connectivity index (χ3v) is 8.96. The first-order chi connectivity index (χ1) is 18.7. The molecule has 0 N–H and O–H groups in total. The molecular weight excluding hydrogens is 512 g/mol. The Morgan fingerprint density at radius 2 is 1.85 bits per heavy atom. The average molecular weight is 543 g/mol. The summed E-state index contributed by atoms with van der Waals surface area (Å²) in [5, 5.41) is 5.16. The lowest BCUT2D eigenvalue weighted by molar-refractivity contribution is 0.0985. The van der Waals surface area contributed by atoms with Crippen LogP contribution in [0.5, 0.6) is 0 Å². The summed E-state index contributed by atoms with van der Waals surface area (Å²) < 4.78 is 35.8. The van der Waals surface area contributed by atoms with Crippen LogP contribution in [0.25, 0.3) is 33.5 Å². The molecule has 0 bridgehead atoms. The number of hydrogen-bond acceptors (Lipinski definition) is 7. The van der Waals surface area contributed by atoms with Gasteiger partial charge in [-0.1, -0.05) is 17.7 Å². The minimum Gasteiger partial charge on any atom is -0.377 e. The van der Waals surface area contributed by atoms with Crippen LogP contribution < -0.4 is 4.90 Å². The van der Waals surface area contributed by atoms with E-state index < -0.39 is 10.0 Å². The molecule has 10 heteroatoms. The first-order valence-electron chi connectivity index (χ1n) is 12.9. The predicted molar refractivity (Wildman–Crippen MR) is 151 cm³/mol. The van der Waals surface area contributed by atoms with Crippen molar-refractivity contribution in [2.24, 2.45) is 7.05 Å². The van der Waals surface area contributed by atoms with Crippen LogP contribution in [0.2, 0.25) is 0 Å². The van der Waals surface area contributed by atoms with E-state index in [0.717, 1.165) is 46.0 Å². The number of fused-ring (bicyclic) bond motifs is 1. The SMILES string of the molecule is Cc1ccc(S(=O)(=O)n2ccc3c(-c4cc(-c5c(C)cnn5C)cc(N5CCOC[C@H]5C)n4)ccnc32)cc1. The van der Waals surface area contributed by atoms with E-state index in [1.54, 1.807) is 42.7 Å². The van der Waals surface area contributed by atoms with E-state index in [-0.39, 0.29) is 10.9 Å². The van der Waals surface area contributed by atoms with Crippen molar-refractivity contribution in [3.8, 4) is 22.5 Å². The van der Waals surface area contributed by atoms with Crippen molar-refractivity contribution in [1.82, 2.24) is 23.7 Å². The molecule has 1 aliphatic rings. The normalized spacial score (nSPS) is 16.2. The van der Waals surface area contributed by atoms with Gasteiger partial charge in [0, 0.05) is 42.5 Å². The summed E-state index contributed by atoms with van der Waals surface area (Å²) in [6.45, 7) is 8.10. The molecule has 6 rings (SSSR count). The fourth-order valence-corrected chi connectivity index (χ4v) is 6.52. The smallest absolute Gasteiger partial charge is 0.269 e. The third-order valence-electron chi connectivity index (χ3n) is 7.28. The van der Waals surface area contributed by atoms with Crippen molar-refractivity contribution in [3.63, 3.8) is 0 Å². The van der Waals surface area contributed by atoms with E-state index in [2.05, 4.69) is 28.0 Å². The molecule has 0 radical (unpaired) electrons. The lowest BCUT2D eigenvalue weighted by Crippen LogP contribution is -2.44. The molecule has 1 aromatic carbocycles. The monoisotopic (exact) mass is 542 g/mol. The molecule has 0 spiro atoms. The topological polar surface area (TPSA) is 95.1 Å². The summed E-state index contributed by atoms with van der Waals surface area (Å²) in [6.07, 6.45) is 5.06. The number of ether oxygens (including phenoxy) is 1. The first-order valence-corrected chi connectivity index (χ1v) is 14.3. The molecule has 1 saturated heterocycles. The second-order valence-electron chi connectivity index (χ2n) is 10.0. The van der Waals surface area contributed by atoms with Crippen LogP contribution in [-0.2, 0) is 21.8 Å². The van der Waals surface area contributed by atoms with Gasteiger partial charge in [-0.2, -0.15) is 5.10 Å². The van der Waals surface area contributed by atoms with Crippen LogP contribution in [0.15, 0.2) is 72.0 Å². The maximum Gasteiger partial charge on any atom is 0.269 e. The Morgan fingerprint density at radius 3 is 2.56 bits per heavy atom. The lowest BCUT2D eigenvalue weighted by atomic mass is 10.0. The van der Waals surface area contributed by atoms with Gasteiger partial charge in [0.25, 0.3) is 10.0 Å². The highest BCUT2D eigenvalue weighted by atomic mass is 32.2. The molecular formula is C29H30N6O3S. The van der Waals surface area contributed by atoms with Crippen LogP contribution in [0.3, 0.4) is 0 Å². The number of aromatic nitrogens is 5. The van der Waals surface area contributed by atoms with Crippen LogP contribution in [0.4, 0.5) is 5.82 Å². The zero-order valence-corrected chi connectivity index (χ0v) is 23.2. The largest absolute Gasteiger partial charge is 0.377 e. The van der Waals surface area contributed by atoms with Crippen molar-refractivity contribution in [1.29, 1.82) is 0 Å². The van der Waals surface area contributed by atoms with Gasteiger partial charge in [-0.3, -0.25) is 4.68 Å². The maximum absolute atomic E-state index is 13.5. The Kier molecular flexibility index (Phi) is 6.23. The van der Waals surface area contributed by atoms with Gasteiger partial charge in [0.15, 0.2) is 5.65 Å². The first kappa shape index (κ1) is 25.3. The number of benzene rings is 1. The van der Waals surface area contributed by atoms with Gasteiger partial charge >= 0.3 is 0 Å². The average Bonchev–Trinajstić information content (AvgIpc) is 3.52. The Balaban J connectivity index is 1.53. The van der Waals surface area contributed by atoms with Crippen molar-refractivity contribution < 1.29 is 13.2 Å². The molecule has 0 unspecified atom stereocenters. The summed E-state index contributed by atoms with van der Waals surface area (Å²) >= 11 is 0. The van der Waals surface area contributed by atoms with Crippen LogP contribution in [-0.4, -0.2) is 57.9 Å². The van der Waals surface area contributed by atoms with E-state index in [1.165, 1.54) is 3.97 Å². The second-order valence-corrected chi connectivity index (χ2v) is 11.9. The highest BCUT2D eigenvalue weighted by Crippen LogP contribution is 2.35. The van der Waals surface area contributed by atoms with E-state index >= 15 is 0 Å². The number of anilines is 1. The van der Waals surface area contributed by atoms with Gasteiger partial charge in [0.05, 0.1) is 41.7 Å². The molecule has 4 aromatic heterocycles. The quantitative estimate of drug-likeness (QED) is 0.321. The van der Waals surface area contributed by atoms with E-state index in [4.69, 9.17) is 9.72 Å². The third kappa shape index (κ3) is 4.39. The van der Waals surface area contributed by atoms with Gasteiger partial charge in [-0.25, -0.2) is 22.4 Å². The summed E-state index contributed by atoms with van der Waals surface area (Å²) in [7, 11) is -1.89. The predicted octanol–water partition coefficient (Wildman–Crippen LogP) is 4.58. The zero-order valence-electron chi connectivity index (χ0n) is 22.4. The Morgan fingerprint density at radius 1 is 1.05 bits per heavy atom. The van der Waals surface area contributed by atoms with Crippen molar-refractivity contribution >= 4 is 26.9 Å². The van der Waals surface area contributed by atoms with Gasteiger partial charge < -0.3 is 9.64 Å². The second kappa shape index (κ2) is 9.62. The van der Waals surface area contributed by atoms with E-state index in [9.17, 15) is 8.42 Å². The fourth-order valence-electron chi connectivity index (χ4n) is 5.22. The molecule has 9 nitrogen and oxygen atoms in total. The highest BCUT2D eigenvalue weighted by Gasteiger charge is 2.24. The van der Waals surface area contributed by atoms with Gasteiger partial charge in [-0.15, -0.1) is 0 Å². The summed E-state index contributed by atoms with van der Waals surface area (Å²) in [5.74, 6) is 0.843.